The molecule has 44 heavy (non-hydrogen) atoms. The molecule has 4 aromatic carbocycles. The molecule has 2 amide bonds. The Hall–Kier alpha value is -4.40. The molecule has 9 heteroatoms. The van der Waals surface area contributed by atoms with E-state index in [2.05, 4.69) is 20.4 Å². The summed E-state index contributed by atoms with van der Waals surface area (Å²) in [6.07, 6.45) is -1.52. The second-order valence-electron chi connectivity index (χ2n) is 11.9. The zero-order valence-corrected chi connectivity index (χ0v) is 25.5. The highest BCUT2D eigenvalue weighted by atomic mass is 35.5. The van der Waals surface area contributed by atoms with E-state index >= 15 is 0 Å². The highest BCUT2D eigenvalue weighted by Crippen LogP contribution is 2.49. The van der Waals surface area contributed by atoms with Gasteiger partial charge in [0.1, 0.15) is 5.75 Å². The van der Waals surface area contributed by atoms with Gasteiger partial charge in [-0.2, -0.15) is 0 Å². The minimum Gasteiger partial charge on any atom is -0.508 e. The van der Waals surface area contributed by atoms with Crippen molar-refractivity contribution in [1.82, 2.24) is 4.90 Å². The highest BCUT2D eigenvalue weighted by Gasteiger charge is 2.43. The summed E-state index contributed by atoms with van der Waals surface area (Å²) in [7, 11) is 0. The number of anilines is 3. The predicted molar refractivity (Wildman–Crippen MR) is 172 cm³/mol. The van der Waals surface area contributed by atoms with Crippen LogP contribution in [0.5, 0.6) is 5.75 Å². The molecule has 6 rings (SSSR count). The number of carbonyl (C=O) groups is 2. The van der Waals surface area contributed by atoms with Crippen molar-refractivity contribution in [2.24, 2.45) is 5.92 Å². The number of aliphatic hydroxyl groups is 1. The second-order valence-corrected chi connectivity index (χ2v) is 12.3. The van der Waals surface area contributed by atoms with E-state index in [0.717, 1.165) is 21.9 Å². The maximum absolute atomic E-state index is 14.2. The third kappa shape index (κ3) is 4.98. The Balaban J connectivity index is 1.53. The first-order valence-electron chi connectivity index (χ1n) is 14.5. The normalized spacial score (nSPS) is 16.8. The third-order valence-corrected chi connectivity index (χ3v) is 8.85. The maximum atomic E-state index is 14.2. The molecule has 2 aliphatic heterocycles. The summed E-state index contributed by atoms with van der Waals surface area (Å²) in [5.41, 5.74) is 4.92. The zero-order chi connectivity index (χ0) is 31.4. The Morgan fingerprint density at radius 1 is 1.05 bits per heavy atom. The summed E-state index contributed by atoms with van der Waals surface area (Å²) in [6, 6.07) is 20.5. The van der Waals surface area contributed by atoms with E-state index in [1.807, 2.05) is 55.5 Å². The fraction of sp³-hybridized carbons (Fsp3) is 0.257. The highest BCUT2D eigenvalue weighted by molar-refractivity contribution is 6.34. The Labute approximate surface area is 260 Å². The van der Waals surface area contributed by atoms with Crippen molar-refractivity contribution in [3.05, 3.63) is 95.3 Å². The first kappa shape index (κ1) is 29.7. The van der Waals surface area contributed by atoms with Gasteiger partial charge < -0.3 is 20.0 Å². The number of rotatable bonds is 6. The van der Waals surface area contributed by atoms with Gasteiger partial charge in [0.05, 0.1) is 22.1 Å². The van der Waals surface area contributed by atoms with Crippen molar-refractivity contribution in [2.75, 3.05) is 29.4 Å². The molecule has 1 fully saturated rings. The number of fused-ring (bicyclic) bond motifs is 2. The number of nitrogens with zero attached hydrogens (tertiary/aromatic N) is 3. The molecule has 0 aliphatic carbocycles. The van der Waals surface area contributed by atoms with Crippen LogP contribution in [0, 0.1) is 12.8 Å². The summed E-state index contributed by atoms with van der Waals surface area (Å²) < 4.78 is 13.4. The average Bonchev–Trinajstić information content (AvgIpc) is 2.96. The Morgan fingerprint density at radius 3 is 2.48 bits per heavy atom. The number of aryl methyl sites for hydroxylation is 1. The summed E-state index contributed by atoms with van der Waals surface area (Å²) in [6.45, 7) is 9.92. The summed E-state index contributed by atoms with van der Waals surface area (Å²) in [5.74, 6) is -2.24. The van der Waals surface area contributed by atoms with Gasteiger partial charge in [0.2, 0.25) is 6.23 Å². The van der Waals surface area contributed by atoms with E-state index in [4.69, 9.17) is 11.6 Å². The molecule has 1 unspecified atom stereocenters. The van der Waals surface area contributed by atoms with Crippen LogP contribution < -0.4 is 9.80 Å². The summed E-state index contributed by atoms with van der Waals surface area (Å²) >= 11 is 6.99. The Kier molecular flexibility index (Phi) is 7.59. The van der Waals surface area contributed by atoms with Gasteiger partial charge in [0.25, 0.3) is 11.8 Å². The number of phenols is 1. The largest absolute Gasteiger partial charge is 0.508 e. The lowest BCUT2D eigenvalue weighted by Crippen LogP contribution is -2.59. The molecule has 0 radical (unpaired) electrons. The first-order valence-corrected chi connectivity index (χ1v) is 14.9. The average molecular weight is 614 g/mol. The fourth-order valence-corrected chi connectivity index (χ4v) is 6.63. The third-order valence-electron chi connectivity index (χ3n) is 8.53. The number of likely N-dealkylation sites (tertiary alicyclic amines) is 1. The van der Waals surface area contributed by atoms with E-state index in [9.17, 15) is 24.2 Å². The number of hydrogen-bond acceptors (Lipinski definition) is 5. The van der Waals surface area contributed by atoms with Gasteiger partial charge in [-0.3, -0.25) is 14.5 Å². The molecule has 1 atom stereocenters. The number of benzene rings is 4. The summed E-state index contributed by atoms with van der Waals surface area (Å²) in [5, 5.41) is 24.2. The maximum Gasteiger partial charge on any atom is 0.281 e. The van der Waals surface area contributed by atoms with Crippen LogP contribution >= 0.6 is 11.6 Å². The van der Waals surface area contributed by atoms with E-state index in [1.165, 1.54) is 4.90 Å². The van der Waals surface area contributed by atoms with E-state index in [0.29, 0.717) is 33.2 Å². The van der Waals surface area contributed by atoms with Crippen LogP contribution in [0.2, 0.25) is 5.02 Å². The number of amides is 2. The predicted octanol–water partition coefficient (Wildman–Crippen LogP) is 7.04. The van der Waals surface area contributed by atoms with E-state index < -0.39 is 23.9 Å². The van der Waals surface area contributed by atoms with E-state index in [-0.39, 0.29) is 37.2 Å². The lowest BCUT2D eigenvalue weighted by Gasteiger charge is -2.46. The molecule has 0 spiro atoms. The smallest absolute Gasteiger partial charge is 0.281 e. The molecule has 0 saturated carbocycles. The number of aliphatic hydroxyl groups excluding tert-OH is 1. The van der Waals surface area contributed by atoms with Crippen LogP contribution in [0.3, 0.4) is 0 Å². The fourth-order valence-electron chi connectivity index (χ4n) is 6.37. The van der Waals surface area contributed by atoms with Gasteiger partial charge in [-0.05, 0) is 64.6 Å². The van der Waals surface area contributed by atoms with Crippen molar-refractivity contribution >= 4 is 51.2 Å². The number of phenolic OH excluding ortho intramolecular Hbond substituents is 1. The molecule has 2 heterocycles. The molecule has 1 saturated heterocycles. The van der Waals surface area contributed by atoms with Crippen molar-refractivity contribution in [2.45, 2.75) is 32.9 Å². The lowest BCUT2D eigenvalue weighted by atomic mass is 9.93. The van der Waals surface area contributed by atoms with Crippen LogP contribution in [0.15, 0.2) is 79.1 Å². The van der Waals surface area contributed by atoms with Gasteiger partial charge in [0.15, 0.2) is 5.83 Å². The molecule has 0 bridgehead atoms. The standard InChI is InChI=1S/C35H33ClFN3O4/c1-19(2)25-11-7-8-20(3)32(25)40-31-14-28(27-13-24(41)12-23-9-5-6-10-26(23)27)29(36)15-30(31)39(34(43)35(40)44)18-22-16-38(17-22)33(42)21(4)37/h5-15,19,22,34,41,43H,4,16-18H2,1-3H3. The molecule has 0 aromatic heterocycles. The number of aromatic hydroxyl groups is 1. The second kappa shape index (κ2) is 11.3. The Morgan fingerprint density at radius 2 is 1.77 bits per heavy atom. The van der Waals surface area contributed by atoms with Gasteiger partial charge in [0, 0.05) is 31.1 Å². The number of hydrogen-bond donors (Lipinski definition) is 2. The molecule has 4 aromatic rings. The zero-order valence-electron chi connectivity index (χ0n) is 24.7. The van der Waals surface area contributed by atoms with Crippen LogP contribution in [0.4, 0.5) is 21.5 Å². The van der Waals surface area contributed by atoms with Gasteiger partial charge in [-0.25, -0.2) is 4.39 Å². The molecule has 7 nitrogen and oxygen atoms in total. The van der Waals surface area contributed by atoms with Crippen LogP contribution in [-0.2, 0) is 9.59 Å². The monoisotopic (exact) mass is 613 g/mol. The molecule has 2 aliphatic rings. The van der Waals surface area contributed by atoms with Crippen molar-refractivity contribution in [1.29, 1.82) is 0 Å². The van der Waals surface area contributed by atoms with Crippen LogP contribution in [-0.4, -0.2) is 52.8 Å². The molecule has 226 valence electrons. The van der Waals surface area contributed by atoms with Gasteiger partial charge in [-0.1, -0.05) is 74.5 Å². The SMILES string of the molecule is C=C(F)C(=O)N1CC(CN2c3cc(Cl)c(-c4cc(O)cc5ccccc45)cc3N(c3c(C)cccc3C(C)C)C(=O)C2O)C1. The van der Waals surface area contributed by atoms with E-state index in [1.54, 1.807) is 28.0 Å². The van der Waals surface area contributed by atoms with Crippen molar-refractivity contribution in [3.8, 4) is 16.9 Å². The van der Waals surface area contributed by atoms with Crippen LogP contribution in [0.1, 0.15) is 30.9 Å². The Bertz CT molecular complexity index is 1830. The summed E-state index contributed by atoms with van der Waals surface area (Å²) in [4.78, 5) is 30.8. The number of halogens is 2. The quantitative estimate of drug-likeness (QED) is 0.228. The molecular weight excluding hydrogens is 581 g/mol. The number of para-hydroxylation sites is 1. The minimum atomic E-state index is -1.52. The molecular formula is C35H33ClFN3O4. The lowest BCUT2D eigenvalue weighted by molar-refractivity contribution is -0.135. The first-order chi connectivity index (χ1) is 21.0. The van der Waals surface area contributed by atoms with Gasteiger partial charge >= 0.3 is 0 Å². The topological polar surface area (TPSA) is 84.3 Å². The van der Waals surface area contributed by atoms with Gasteiger partial charge in [-0.15, -0.1) is 0 Å². The van der Waals surface area contributed by atoms with Crippen LogP contribution in [0.25, 0.3) is 21.9 Å². The minimum absolute atomic E-state index is 0.0820. The molecule has 2 N–H and O–H groups in total. The van der Waals surface area contributed by atoms with Crippen molar-refractivity contribution in [3.63, 3.8) is 0 Å². The number of carbonyl (C=O) groups excluding carboxylic acids is 2. The van der Waals surface area contributed by atoms with Crippen molar-refractivity contribution < 1.29 is 24.2 Å².